The van der Waals surface area contributed by atoms with Gasteiger partial charge in [-0.3, -0.25) is 4.79 Å². The molecule has 0 atom stereocenters. The van der Waals surface area contributed by atoms with E-state index in [1.807, 2.05) is 43.3 Å². The fourth-order valence-corrected chi connectivity index (χ4v) is 3.41. The van der Waals surface area contributed by atoms with Gasteiger partial charge in [-0.25, -0.2) is 0 Å². The summed E-state index contributed by atoms with van der Waals surface area (Å²) in [5.74, 6) is 0.806. The van der Waals surface area contributed by atoms with E-state index in [4.69, 9.17) is 4.74 Å². The number of hydrogen-bond donors (Lipinski definition) is 1. The molecule has 1 N–H and O–H groups in total. The van der Waals surface area contributed by atoms with E-state index in [1.54, 1.807) is 0 Å². The van der Waals surface area contributed by atoms with Crippen molar-refractivity contribution in [1.29, 1.82) is 0 Å². The fourth-order valence-electron chi connectivity index (χ4n) is 2.25. The molecule has 0 aliphatic carbocycles. The highest BCUT2D eigenvalue weighted by Gasteiger charge is 2.13. The molecule has 0 aromatic heterocycles. The van der Waals surface area contributed by atoms with Crippen molar-refractivity contribution in [3.05, 3.63) is 56.5 Å². The van der Waals surface area contributed by atoms with Gasteiger partial charge < -0.3 is 10.1 Å². The van der Waals surface area contributed by atoms with E-state index < -0.39 is 0 Å². The molecule has 3 nitrogen and oxygen atoms in total. The van der Waals surface area contributed by atoms with Crippen LogP contribution in [0.25, 0.3) is 0 Å². The van der Waals surface area contributed by atoms with Crippen LogP contribution in [-0.4, -0.2) is 12.5 Å². The lowest BCUT2D eigenvalue weighted by Gasteiger charge is -2.16. The number of carbonyl (C=O) groups excluding carboxylic acids is 1. The Morgan fingerprint density at radius 1 is 1.22 bits per heavy atom. The number of nitrogens with one attached hydrogen (secondary N) is 1. The average molecular weight is 441 g/mol. The second-order valence-corrected chi connectivity index (χ2v) is 7.38. The molecule has 5 heteroatoms. The van der Waals surface area contributed by atoms with Gasteiger partial charge in [0.05, 0.1) is 4.47 Å². The van der Waals surface area contributed by atoms with Gasteiger partial charge in [0.2, 0.25) is 0 Å². The third-order valence-electron chi connectivity index (χ3n) is 3.44. The van der Waals surface area contributed by atoms with Crippen molar-refractivity contribution < 1.29 is 9.53 Å². The van der Waals surface area contributed by atoms with Crippen LogP contribution < -0.4 is 10.1 Å². The fraction of sp³-hybridized carbons (Fsp3) is 0.278. The van der Waals surface area contributed by atoms with Crippen LogP contribution in [0.15, 0.2) is 45.3 Å². The maximum absolute atomic E-state index is 12.2. The number of halogens is 2. The first-order valence-electron chi connectivity index (χ1n) is 7.35. The number of aryl methyl sites for hydroxylation is 1. The number of amides is 1. The number of benzene rings is 2. The van der Waals surface area contributed by atoms with Gasteiger partial charge in [0.15, 0.2) is 6.61 Å². The lowest BCUT2D eigenvalue weighted by Crippen LogP contribution is -2.21. The Labute approximate surface area is 153 Å². The Morgan fingerprint density at radius 2 is 1.96 bits per heavy atom. The smallest absolute Gasteiger partial charge is 0.262 e. The first-order chi connectivity index (χ1) is 10.9. The summed E-state index contributed by atoms with van der Waals surface area (Å²) in [7, 11) is 0. The normalized spacial score (nSPS) is 10.7. The minimum absolute atomic E-state index is 0.0356. The number of hydrogen-bond acceptors (Lipinski definition) is 2. The molecule has 0 heterocycles. The lowest BCUT2D eigenvalue weighted by atomic mass is 9.98. The summed E-state index contributed by atoms with van der Waals surface area (Å²) < 4.78 is 7.34. The molecule has 0 fully saturated rings. The van der Waals surface area contributed by atoms with Gasteiger partial charge in [-0.05, 0) is 58.1 Å². The molecule has 2 aromatic carbocycles. The van der Waals surface area contributed by atoms with Gasteiger partial charge in [-0.2, -0.15) is 0 Å². The van der Waals surface area contributed by atoms with Gasteiger partial charge in [-0.1, -0.05) is 48.0 Å². The summed E-state index contributed by atoms with van der Waals surface area (Å²) >= 11 is 6.80. The summed E-state index contributed by atoms with van der Waals surface area (Å²) in [4.78, 5) is 12.2. The van der Waals surface area contributed by atoms with Crippen LogP contribution in [0.2, 0.25) is 0 Å². The van der Waals surface area contributed by atoms with Crippen LogP contribution in [0.3, 0.4) is 0 Å². The predicted molar refractivity (Wildman–Crippen MR) is 101 cm³/mol. The minimum atomic E-state index is -0.170. The molecule has 2 aromatic rings. The highest BCUT2D eigenvalue weighted by Crippen LogP contribution is 2.29. The quantitative estimate of drug-likeness (QED) is 0.651. The maximum Gasteiger partial charge on any atom is 0.262 e. The number of carbonyl (C=O) groups is 1. The summed E-state index contributed by atoms with van der Waals surface area (Å²) in [6.07, 6.45) is 0. The molecule has 122 valence electrons. The molecule has 0 aliphatic rings. The summed E-state index contributed by atoms with van der Waals surface area (Å²) in [5.41, 5.74) is 3.06. The third-order valence-corrected chi connectivity index (χ3v) is 4.56. The Morgan fingerprint density at radius 3 is 2.61 bits per heavy atom. The summed E-state index contributed by atoms with van der Waals surface area (Å²) in [6.45, 7) is 6.18. The lowest BCUT2D eigenvalue weighted by molar-refractivity contribution is -0.118. The van der Waals surface area contributed by atoms with E-state index in [0.717, 1.165) is 25.8 Å². The van der Waals surface area contributed by atoms with Crippen LogP contribution in [0.4, 0.5) is 5.69 Å². The molecule has 0 bridgehead atoms. The molecule has 0 saturated carbocycles. The van der Waals surface area contributed by atoms with Crippen molar-refractivity contribution in [3.63, 3.8) is 0 Å². The standard InChI is InChI=1S/C18H19Br2NO2/c1-11(2)14-6-4-5-12(3)18(14)21-17(22)10-23-16-8-7-13(19)9-15(16)20/h4-9,11H,10H2,1-3H3,(H,21,22). The molecule has 0 radical (unpaired) electrons. The summed E-state index contributed by atoms with van der Waals surface area (Å²) in [6, 6.07) is 11.6. The summed E-state index contributed by atoms with van der Waals surface area (Å²) in [5, 5.41) is 2.97. The van der Waals surface area contributed by atoms with E-state index in [1.165, 1.54) is 0 Å². The largest absolute Gasteiger partial charge is 0.483 e. The van der Waals surface area contributed by atoms with Crippen molar-refractivity contribution >= 4 is 43.5 Å². The van der Waals surface area contributed by atoms with E-state index in [-0.39, 0.29) is 12.5 Å². The van der Waals surface area contributed by atoms with E-state index in [9.17, 15) is 4.79 Å². The van der Waals surface area contributed by atoms with Crippen molar-refractivity contribution in [3.8, 4) is 5.75 Å². The molecular formula is C18H19Br2NO2. The van der Waals surface area contributed by atoms with Crippen LogP contribution in [0.5, 0.6) is 5.75 Å². The second-order valence-electron chi connectivity index (χ2n) is 5.61. The molecule has 2 rings (SSSR count). The Bertz CT molecular complexity index is 714. The van der Waals surface area contributed by atoms with Crippen LogP contribution in [0, 0.1) is 6.92 Å². The van der Waals surface area contributed by atoms with Crippen molar-refractivity contribution in [1.82, 2.24) is 0 Å². The van der Waals surface area contributed by atoms with Crippen molar-refractivity contribution in [2.24, 2.45) is 0 Å². The molecule has 1 amide bonds. The van der Waals surface area contributed by atoms with Crippen molar-refractivity contribution in [2.75, 3.05) is 11.9 Å². The predicted octanol–water partition coefficient (Wildman–Crippen LogP) is 5.66. The highest BCUT2D eigenvalue weighted by atomic mass is 79.9. The molecular weight excluding hydrogens is 422 g/mol. The van der Waals surface area contributed by atoms with Crippen molar-refractivity contribution in [2.45, 2.75) is 26.7 Å². The number of anilines is 1. The van der Waals surface area contributed by atoms with E-state index >= 15 is 0 Å². The molecule has 0 saturated heterocycles. The zero-order valence-electron chi connectivity index (χ0n) is 13.3. The van der Waals surface area contributed by atoms with Gasteiger partial charge in [0.1, 0.15) is 5.75 Å². The Balaban J connectivity index is 2.06. The SMILES string of the molecule is Cc1cccc(C(C)C)c1NC(=O)COc1ccc(Br)cc1Br. The first kappa shape index (κ1) is 18.0. The van der Waals surface area contributed by atoms with Gasteiger partial charge >= 0.3 is 0 Å². The zero-order chi connectivity index (χ0) is 17.0. The van der Waals surface area contributed by atoms with E-state index in [0.29, 0.717) is 11.7 Å². The maximum atomic E-state index is 12.2. The number of ether oxygens (including phenoxy) is 1. The average Bonchev–Trinajstić information content (AvgIpc) is 2.48. The van der Waals surface area contributed by atoms with Gasteiger partial charge in [0.25, 0.3) is 5.91 Å². The first-order valence-corrected chi connectivity index (χ1v) is 8.94. The zero-order valence-corrected chi connectivity index (χ0v) is 16.5. The van der Waals surface area contributed by atoms with Crippen LogP contribution >= 0.6 is 31.9 Å². The second kappa shape index (κ2) is 7.97. The Kier molecular flexibility index (Phi) is 6.25. The van der Waals surface area contributed by atoms with Crippen LogP contribution in [-0.2, 0) is 4.79 Å². The van der Waals surface area contributed by atoms with E-state index in [2.05, 4.69) is 51.0 Å². The van der Waals surface area contributed by atoms with Gasteiger partial charge in [-0.15, -0.1) is 0 Å². The molecule has 0 aliphatic heterocycles. The molecule has 0 spiro atoms. The minimum Gasteiger partial charge on any atom is -0.483 e. The monoisotopic (exact) mass is 439 g/mol. The number of rotatable bonds is 5. The topological polar surface area (TPSA) is 38.3 Å². The number of para-hydroxylation sites is 1. The Hall–Kier alpha value is -1.33. The molecule has 0 unspecified atom stereocenters. The molecule has 23 heavy (non-hydrogen) atoms. The van der Waals surface area contributed by atoms with Gasteiger partial charge in [0, 0.05) is 10.2 Å². The van der Waals surface area contributed by atoms with Crippen LogP contribution in [0.1, 0.15) is 30.9 Å². The third kappa shape index (κ3) is 4.82. The highest BCUT2D eigenvalue weighted by molar-refractivity contribution is 9.11.